The van der Waals surface area contributed by atoms with Gasteiger partial charge in [0.25, 0.3) is 0 Å². The molecule has 94 valence electrons. The number of hydrogen-bond donors (Lipinski definition) is 2. The molecule has 0 bridgehead atoms. The minimum Gasteiger partial charge on any atom is -0.478 e. The Morgan fingerprint density at radius 1 is 1.61 bits per heavy atom. The second kappa shape index (κ2) is 6.42. The molecule has 7 heteroatoms. The highest BCUT2D eigenvalue weighted by Gasteiger charge is 2.11. The highest BCUT2D eigenvalue weighted by atomic mass is 79.9. The predicted octanol–water partition coefficient (Wildman–Crippen LogP) is 2.88. The zero-order valence-corrected chi connectivity index (χ0v) is 12.1. The van der Waals surface area contributed by atoms with Gasteiger partial charge in [0.1, 0.15) is 0 Å². The fraction of sp³-hybridized carbons (Fsp3) is 0.182. The molecular formula is C11H10BrN3O2S. The van der Waals surface area contributed by atoms with E-state index >= 15 is 0 Å². The first-order valence-electron chi connectivity index (χ1n) is 4.80. The van der Waals surface area contributed by atoms with Crippen LogP contribution in [0.3, 0.4) is 0 Å². The Kier molecular flexibility index (Phi) is 5.19. The zero-order chi connectivity index (χ0) is 13.7. The molecule has 18 heavy (non-hydrogen) atoms. The monoisotopic (exact) mass is 327 g/mol. The Hall–Kier alpha value is -1.52. The molecule has 0 heterocycles. The van der Waals surface area contributed by atoms with Gasteiger partial charge in [-0.25, -0.2) is 9.79 Å². The summed E-state index contributed by atoms with van der Waals surface area (Å²) in [7, 11) is 0. The molecule has 0 aliphatic carbocycles. The van der Waals surface area contributed by atoms with Crippen molar-refractivity contribution >= 4 is 44.5 Å². The summed E-state index contributed by atoms with van der Waals surface area (Å²) in [5.41, 5.74) is 1.47. The number of nitrogens with one attached hydrogen (secondary N) is 1. The Morgan fingerprint density at radius 2 is 2.28 bits per heavy atom. The number of rotatable bonds is 2. The lowest BCUT2D eigenvalue weighted by Gasteiger charge is -2.06. The third kappa shape index (κ3) is 3.48. The Balaban J connectivity index is 3.29. The first-order chi connectivity index (χ1) is 8.49. The van der Waals surface area contributed by atoms with Gasteiger partial charge in [-0.05, 0) is 46.8 Å². The molecule has 0 spiro atoms. The summed E-state index contributed by atoms with van der Waals surface area (Å²) in [6, 6.07) is 3.16. The van der Waals surface area contributed by atoms with Gasteiger partial charge >= 0.3 is 5.97 Å². The molecule has 2 N–H and O–H groups in total. The van der Waals surface area contributed by atoms with Gasteiger partial charge in [0.15, 0.2) is 11.4 Å². The van der Waals surface area contributed by atoms with E-state index in [-0.39, 0.29) is 5.56 Å². The number of thioether (sulfide) groups is 1. The van der Waals surface area contributed by atoms with E-state index in [9.17, 15) is 4.79 Å². The summed E-state index contributed by atoms with van der Waals surface area (Å²) in [5.74, 6) is -1.03. The summed E-state index contributed by atoms with van der Waals surface area (Å²) in [6.07, 6.45) is 3.55. The van der Waals surface area contributed by atoms with Crippen molar-refractivity contribution in [1.82, 2.24) is 5.32 Å². The molecule has 1 rings (SSSR count). The number of halogens is 1. The van der Waals surface area contributed by atoms with Crippen molar-refractivity contribution < 1.29 is 9.90 Å². The van der Waals surface area contributed by atoms with E-state index in [1.54, 1.807) is 18.5 Å². The third-order valence-corrected chi connectivity index (χ3v) is 3.33. The van der Waals surface area contributed by atoms with Crippen molar-refractivity contribution in [3.05, 3.63) is 27.7 Å². The van der Waals surface area contributed by atoms with E-state index in [4.69, 9.17) is 10.4 Å². The normalized spacial score (nSPS) is 10.9. The number of aromatic carboxylic acids is 1. The summed E-state index contributed by atoms with van der Waals surface area (Å²) >= 11 is 4.47. The molecule has 0 atom stereocenters. The van der Waals surface area contributed by atoms with E-state index in [1.165, 1.54) is 17.8 Å². The standard InChI is InChI=1S/C11H10BrN3O2S/c1-6-3-8(12)7(10(16)17)4-9(6)15-11(18-2)14-5-13/h3-4H,1-2H3,(H,14,15)(H,16,17). The van der Waals surface area contributed by atoms with Crippen LogP contribution in [0.15, 0.2) is 21.6 Å². The van der Waals surface area contributed by atoms with Crippen molar-refractivity contribution in [3.63, 3.8) is 0 Å². The molecule has 5 nitrogen and oxygen atoms in total. The number of nitrogens with zero attached hydrogens (tertiary/aromatic N) is 2. The van der Waals surface area contributed by atoms with Crippen molar-refractivity contribution in [2.75, 3.05) is 6.26 Å². The number of aliphatic imine (C=N–C) groups is 1. The van der Waals surface area contributed by atoms with E-state index < -0.39 is 5.97 Å². The van der Waals surface area contributed by atoms with Gasteiger partial charge in [-0.3, -0.25) is 5.32 Å². The molecule has 0 radical (unpaired) electrons. The Morgan fingerprint density at radius 3 is 2.78 bits per heavy atom. The number of aryl methyl sites for hydroxylation is 1. The topological polar surface area (TPSA) is 85.5 Å². The highest BCUT2D eigenvalue weighted by molar-refractivity contribution is 9.10. The molecule has 0 saturated heterocycles. The van der Waals surface area contributed by atoms with Crippen LogP contribution in [0.25, 0.3) is 0 Å². The van der Waals surface area contributed by atoms with E-state index in [0.717, 1.165) is 5.56 Å². The van der Waals surface area contributed by atoms with Crippen molar-refractivity contribution in [2.45, 2.75) is 6.92 Å². The molecule has 1 aromatic carbocycles. The second-order valence-corrected chi connectivity index (χ2v) is 4.93. The second-order valence-electron chi connectivity index (χ2n) is 3.28. The van der Waals surface area contributed by atoms with Crippen LogP contribution in [-0.2, 0) is 0 Å². The fourth-order valence-electron chi connectivity index (χ4n) is 1.23. The summed E-state index contributed by atoms with van der Waals surface area (Å²) in [6.45, 7) is 1.82. The minimum absolute atomic E-state index is 0.136. The predicted molar refractivity (Wildman–Crippen MR) is 75.2 cm³/mol. The molecular weight excluding hydrogens is 318 g/mol. The SMILES string of the molecule is CSC(=Nc1cc(C(=O)O)c(Br)cc1C)NC#N. The average molecular weight is 328 g/mol. The van der Waals surface area contributed by atoms with Gasteiger partial charge in [0, 0.05) is 4.47 Å². The van der Waals surface area contributed by atoms with Crippen molar-refractivity contribution in [3.8, 4) is 6.19 Å². The summed E-state index contributed by atoms with van der Waals surface area (Å²) in [5, 5.41) is 20.4. The number of nitriles is 1. The average Bonchev–Trinajstić information content (AvgIpc) is 2.31. The van der Waals surface area contributed by atoms with Gasteiger partial charge in [0.2, 0.25) is 0 Å². The molecule has 0 amide bonds. The Labute approximate surface area is 117 Å². The third-order valence-electron chi connectivity index (χ3n) is 2.09. The lowest BCUT2D eigenvalue weighted by Crippen LogP contribution is -2.12. The fourth-order valence-corrected chi connectivity index (χ4v) is 2.19. The molecule has 0 aromatic heterocycles. The first kappa shape index (κ1) is 14.5. The maximum absolute atomic E-state index is 11.0. The molecule has 0 fully saturated rings. The lowest BCUT2D eigenvalue weighted by molar-refractivity contribution is 0.0696. The van der Waals surface area contributed by atoms with Crippen LogP contribution in [0.2, 0.25) is 0 Å². The van der Waals surface area contributed by atoms with Crippen molar-refractivity contribution in [1.29, 1.82) is 5.26 Å². The maximum Gasteiger partial charge on any atom is 0.336 e. The van der Waals surface area contributed by atoms with Gasteiger partial charge < -0.3 is 5.11 Å². The van der Waals surface area contributed by atoms with Crippen LogP contribution in [0.1, 0.15) is 15.9 Å². The zero-order valence-electron chi connectivity index (χ0n) is 9.69. The van der Waals surface area contributed by atoms with E-state index in [2.05, 4.69) is 26.2 Å². The van der Waals surface area contributed by atoms with Crippen molar-refractivity contribution in [2.24, 2.45) is 4.99 Å². The minimum atomic E-state index is -1.03. The van der Waals surface area contributed by atoms with E-state index in [1.807, 2.05) is 6.92 Å². The van der Waals surface area contributed by atoms with Crippen LogP contribution in [-0.4, -0.2) is 22.5 Å². The smallest absolute Gasteiger partial charge is 0.336 e. The number of carbonyl (C=O) groups is 1. The summed E-state index contributed by atoms with van der Waals surface area (Å²) in [4.78, 5) is 15.2. The van der Waals surface area contributed by atoms with Crippen LogP contribution in [0.5, 0.6) is 0 Å². The van der Waals surface area contributed by atoms with E-state index in [0.29, 0.717) is 15.3 Å². The number of amidine groups is 1. The molecule has 0 saturated carbocycles. The van der Waals surface area contributed by atoms with Crippen LogP contribution >= 0.6 is 27.7 Å². The van der Waals surface area contributed by atoms with Gasteiger partial charge in [-0.1, -0.05) is 11.8 Å². The lowest BCUT2D eigenvalue weighted by atomic mass is 10.1. The number of benzene rings is 1. The molecule has 0 unspecified atom stereocenters. The molecule has 0 aliphatic heterocycles. The van der Waals surface area contributed by atoms with Crippen LogP contribution < -0.4 is 5.32 Å². The number of carboxylic acids is 1. The van der Waals surface area contributed by atoms with Crippen LogP contribution in [0, 0.1) is 18.4 Å². The Bertz CT molecular complexity index is 552. The van der Waals surface area contributed by atoms with Gasteiger partial charge in [-0.2, -0.15) is 5.26 Å². The highest BCUT2D eigenvalue weighted by Crippen LogP contribution is 2.28. The number of carboxylic acid groups (broad SMARTS) is 1. The first-order valence-corrected chi connectivity index (χ1v) is 6.82. The molecule has 0 aliphatic rings. The van der Waals surface area contributed by atoms with Gasteiger partial charge in [0.05, 0.1) is 11.3 Å². The van der Waals surface area contributed by atoms with Crippen LogP contribution in [0.4, 0.5) is 5.69 Å². The largest absolute Gasteiger partial charge is 0.478 e. The van der Waals surface area contributed by atoms with Gasteiger partial charge in [-0.15, -0.1) is 0 Å². The summed E-state index contributed by atoms with van der Waals surface area (Å²) < 4.78 is 0.505. The maximum atomic E-state index is 11.0. The molecule has 1 aromatic rings. The quantitative estimate of drug-likeness (QED) is 0.377. The number of hydrogen-bond acceptors (Lipinski definition) is 4.